The molecule has 0 saturated carbocycles. The van der Waals surface area contributed by atoms with E-state index in [-0.39, 0.29) is 12.5 Å². The molecule has 0 radical (unpaired) electrons. The summed E-state index contributed by atoms with van der Waals surface area (Å²) in [5.41, 5.74) is 0.436. The Morgan fingerprint density at radius 1 is 1.35 bits per heavy atom. The number of amides is 1. The Morgan fingerprint density at radius 2 is 2.00 bits per heavy atom. The average molecular weight is 340 g/mol. The lowest BCUT2D eigenvalue weighted by Gasteiger charge is -2.32. The topological polar surface area (TPSA) is 66.9 Å². The molecule has 1 aromatic rings. The Balaban J connectivity index is 2.18. The first-order chi connectivity index (χ1) is 10.8. The molecule has 1 aliphatic rings. The third-order valence-electron chi connectivity index (χ3n) is 4.16. The molecule has 0 spiro atoms. The zero-order chi connectivity index (χ0) is 17.0. The summed E-state index contributed by atoms with van der Waals surface area (Å²) in [5.74, 6) is 1.00. The van der Waals surface area contributed by atoms with Crippen molar-refractivity contribution in [2.45, 2.75) is 19.8 Å². The molecule has 1 amide bonds. The van der Waals surface area contributed by atoms with E-state index in [9.17, 15) is 13.2 Å². The van der Waals surface area contributed by atoms with E-state index in [1.54, 1.807) is 29.2 Å². The van der Waals surface area contributed by atoms with Crippen LogP contribution in [0.2, 0.25) is 0 Å². The van der Waals surface area contributed by atoms with Crippen LogP contribution in [0.25, 0.3) is 0 Å². The molecule has 1 aliphatic heterocycles. The van der Waals surface area contributed by atoms with Gasteiger partial charge < -0.3 is 9.64 Å². The van der Waals surface area contributed by atoms with Crippen molar-refractivity contribution in [3.8, 4) is 5.75 Å². The molecule has 1 fully saturated rings. The van der Waals surface area contributed by atoms with Gasteiger partial charge in [-0.25, -0.2) is 8.42 Å². The van der Waals surface area contributed by atoms with Crippen LogP contribution in [0.5, 0.6) is 5.75 Å². The number of anilines is 1. The third-order valence-corrected chi connectivity index (χ3v) is 5.30. The lowest BCUT2D eigenvalue weighted by atomic mass is 9.99. The minimum absolute atomic E-state index is 0.162. The normalized spacial score (nSPS) is 16.2. The van der Waals surface area contributed by atoms with Crippen molar-refractivity contribution in [1.29, 1.82) is 0 Å². The summed E-state index contributed by atoms with van der Waals surface area (Å²) in [7, 11) is -2.04. The zero-order valence-electron chi connectivity index (χ0n) is 13.9. The van der Waals surface area contributed by atoms with Crippen molar-refractivity contribution in [3.05, 3.63) is 24.3 Å². The van der Waals surface area contributed by atoms with E-state index < -0.39 is 10.0 Å². The van der Waals surface area contributed by atoms with Gasteiger partial charge in [0.05, 0.1) is 19.1 Å². The van der Waals surface area contributed by atoms with Crippen LogP contribution >= 0.6 is 0 Å². The highest BCUT2D eigenvalue weighted by Gasteiger charge is 2.26. The zero-order valence-corrected chi connectivity index (χ0v) is 14.7. The van der Waals surface area contributed by atoms with E-state index in [4.69, 9.17) is 4.74 Å². The second-order valence-electron chi connectivity index (χ2n) is 6.03. The van der Waals surface area contributed by atoms with E-state index in [2.05, 4.69) is 6.92 Å². The maximum atomic E-state index is 12.5. The molecule has 23 heavy (non-hydrogen) atoms. The second kappa shape index (κ2) is 7.21. The summed E-state index contributed by atoms with van der Waals surface area (Å²) in [6.07, 6.45) is 3.03. The van der Waals surface area contributed by atoms with Gasteiger partial charge in [-0.1, -0.05) is 13.0 Å². The molecule has 0 unspecified atom stereocenters. The van der Waals surface area contributed by atoms with Gasteiger partial charge in [0.2, 0.25) is 15.9 Å². The molecule has 0 N–H and O–H groups in total. The monoisotopic (exact) mass is 340 g/mol. The molecule has 2 rings (SSSR count). The quantitative estimate of drug-likeness (QED) is 0.818. The van der Waals surface area contributed by atoms with Crippen LogP contribution < -0.4 is 9.04 Å². The fourth-order valence-corrected chi connectivity index (χ4v) is 3.49. The van der Waals surface area contributed by atoms with Gasteiger partial charge in [0.15, 0.2) is 0 Å². The van der Waals surface area contributed by atoms with Crippen molar-refractivity contribution < 1.29 is 17.9 Å². The molecular weight excluding hydrogens is 316 g/mol. The standard InChI is InChI=1S/C16H24N2O4S/c1-13-7-9-17(10-8-13)16(19)12-18(23(3,20)21)14-5-4-6-15(11-14)22-2/h4-6,11,13H,7-10,12H2,1-3H3. The molecule has 6 nitrogen and oxygen atoms in total. The number of carbonyl (C=O) groups excluding carboxylic acids is 1. The van der Waals surface area contributed by atoms with Crippen LogP contribution in [0.1, 0.15) is 19.8 Å². The number of nitrogens with zero attached hydrogens (tertiary/aromatic N) is 2. The lowest BCUT2D eigenvalue weighted by molar-refractivity contribution is -0.130. The molecule has 1 heterocycles. The fourth-order valence-electron chi connectivity index (χ4n) is 2.65. The van der Waals surface area contributed by atoms with Crippen molar-refractivity contribution >= 4 is 21.6 Å². The summed E-state index contributed by atoms with van der Waals surface area (Å²) < 4.78 is 30.5. The molecular formula is C16H24N2O4S. The van der Waals surface area contributed by atoms with Crippen molar-refractivity contribution in [2.24, 2.45) is 5.92 Å². The van der Waals surface area contributed by atoms with Gasteiger partial charge in [-0.05, 0) is 30.9 Å². The highest BCUT2D eigenvalue weighted by molar-refractivity contribution is 7.92. The van der Waals surface area contributed by atoms with Gasteiger partial charge in [0, 0.05) is 19.2 Å². The Hall–Kier alpha value is -1.76. The van der Waals surface area contributed by atoms with E-state index in [1.165, 1.54) is 7.11 Å². The van der Waals surface area contributed by atoms with Gasteiger partial charge in [0.25, 0.3) is 0 Å². The molecule has 0 atom stereocenters. The summed E-state index contributed by atoms with van der Waals surface area (Å²) in [5, 5.41) is 0. The number of ether oxygens (including phenoxy) is 1. The average Bonchev–Trinajstić information content (AvgIpc) is 2.52. The Bertz CT molecular complexity index is 652. The van der Waals surface area contributed by atoms with E-state index in [1.807, 2.05) is 0 Å². The summed E-state index contributed by atoms with van der Waals surface area (Å²) in [6.45, 7) is 3.37. The first-order valence-corrected chi connectivity index (χ1v) is 9.55. The van der Waals surface area contributed by atoms with Gasteiger partial charge in [0.1, 0.15) is 12.3 Å². The van der Waals surface area contributed by atoms with Gasteiger partial charge >= 0.3 is 0 Å². The van der Waals surface area contributed by atoms with Crippen LogP contribution in [0.3, 0.4) is 0 Å². The van der Waals surface area contributed by atoms with Gasteiger partial charge in [-0.2, -0.15) is 0 Å². The van der Waals surface area contributed by atoms with Crippen molar-refractivity contribution in [3.63, 3.8) is 0 Å². The molecule has 128 valence electrons. The second-order valence-corrected chi connectivity index (χ2v) is 7.94. The van der Waals surface area contributed by atoms with Crippen molar-refractivity contribution in [1.82, 2.24) is 4.90 Å². The highest BCUT2D eigenvalue weighted by Crippen LogP contribution is 2.24. The van der Waals surface area contributed by atoms with Crippen LogP contribution in [-0.2, 0) is 14.8 Å². The molecule has 1 aromatic carbocycles. The maximum Gasteiger partial charge on any atom is 0.243 e. The van der Waals surface area contributed by atoms with Crippen LogP contribution in [0, 0.1) is 5.92 Å². The number of carbonyl (C=O) groups is 1. The number of sulfonamides is 1. The molecule has 1 saturated heterocycles. The number of benzene rings is 1. The molecule has 7 heteroatoms. The summed E-state index contributed by atoms with van der Waals surface area (Å²) in [6, 6.07) is 6.72. The summed E-state index contributed by atoms with van der Waals surface area (Å²) in [4.78, 5) is 14.2. The smallest absolute Gasteiger partial charge is 0.243 e. The number of hydrogen-bond donors (Lipinski definition) is 0. The Labute approximate surface area is 138 Å². The highest BCUT2D eigenvalue weighted by atomic mass is 32.2. The number of piperidine rings is 1. The third kappa shape index (κ3) is 4.60. The molecule has 0 aromatic heterocycles. The van der Waals surface area contributed by atoms with Crippen LogP contribution in [0.4, 0.5) is 5.69 Å². The predicted octanol–water partition coefficient (Wildman–Crippen LogP) is 1.72. The van der Waals surface area contributed by atoms with E-state index in [0.717, 1.165) is 23.4 Å². The Morgan fingerprint density at radius 3 is 2.57 bits per heavy atom. The number of rotatable bonds is 5. The van der Waals surface area contributed by atoms with Crippen LogP contribution in [0.15, 0.2) is 24.3 Å². The SMILES string of the molecule is COc1cccc(N(CC(=O)N2CCC(C)CC2)S(C)(=O)=O)c1. The van der Waals surface area contributed by atoms with Gasteiger partial charge in [-0.3, -0.25) is 9.10 Å². The van der Waals surface area contributed by atoms with E-state index in [0.29, 0.717) is 30.4 Å². The fraction of sp³-hybridized carbons (Fsp3) is 0.562. The van der Waals surface area contributed by atoms with Crippen LogP contribution in [-0.4, -0.2) is 52.2 Å². The van der Waals surface area contributed by atoms with Crippen molar-refractivity contribution in [2.75, 3.05) is 37.3 Å². The maximum absolute atomic E-state index is 12.5. The number of likely N-dealkylation sites (tertiary alicyclic amines) is 1. The van der Waals surface area contributed by atoms with E-state index >= 15 is 0 Å². The van der Waals surface area contributed by atoms with Gasteiger partial charge in [-0.15, -0.1) is 0 Å². The first kappa shape index (κ1) is 17.6. The molecule has 0 bridgehead atoms. The largest absolute Gasteiger partial charge is 0.497 e. The lowest BCUT2D eigenvalue weighted by Crippen LogP contribution is -2.45. The minimum Gasteiger partial charge on any atom is -0.497 e. The Kier molecular flexibility index (Phi) is 5.51. The predicted molar refractivity (Wildman–Crippen MR) is 90.2 cm³/mol. The summed E-state index contributed by atoms with van der Waals surface area (Å²) >= 11 is 0. The first-order valence-electron chi connectivity index (χ1n) is 7.71. The minimum atomic E-state index is -3.56. The molecule has 0 aliphatic carbocycles. The number of hydrogen-bond acceptors (Lipinski definition) is 4. The number of methoxy groups -OCH3 is 1.